The molecule has 4 aromatic rings. The number of nitrogens with zero attached hydrogens (tertiary/aromatic N) is 4. The Morgan fingerprint density at radius 1 is 1.06 bits per heavy atom. The second-order valence-electron chi connectivity index (χ2n) is 7.63. The first-order valence-electron chi connectivity index (χ1n) is 10.8. The summed E-state index contributed by atoms with van der Waals surface area (Å²) in [7, 11) is 1.62. The monoisotopic (exact) mass is 489 g/mol. The standard InChI is InChI=1S/C25H23N5O4S/c1-17-7-11-19(12-8-17)29-24(18-9-13-20(34-2)14-10-18)27-28-25(29)35-16-15-23(31)26-21-5-3-4-6-22(21)30(32)33/h3-14H,15-16H2,1-2H3,(H,26,31). The number of nitro groups is 1. The van der Waals surface area contributed by atoms with E-state index in [1.54, 1.807) is 19.2 Å². The molecule has 178 valence electrons. The molecule has 0 aliphatic carbocycles. The number of thioether (sulfide) groups is 1. The maximum absolute atomic E-state index is 12.5. The van der Waals surface area contributed by atoms with Crippen LogP contribution in [0.25, 0.3) is 17.1 Å². The zero-order valence-electron chi connectivity index (χ0n) is 19.2. The van der Waals surface area contributed by atoms with Crippen molar-refractivity contribution in [3.05, 3.63) is 88.5 Å². The molecule has 3 aromatic carbocycles. The summed E-state index contributed by atoms with van der Waals surface area (Å²) in [4.78, 5) is 23.1. The molecule has 9 nitrogen and oxygen atoms in total. The van der Waals surface area contributed by atoms with E-state index in [0.29, 0.717) is 16.7 Å². The van der Waals surface area contributed by atoms with Gasteiger partial charge in [0.25, 0.3) is 5.69 Å². The Kier molecular flexibility index (Phi) is 7.41. The van der Waals surface area contributed by atoms with Gasteiger partial charge < -0.3 is 10.1 Å². The molecule has 1 aromatic heterocycles. The number of hydrogen-bond acceptors (Lipinski definition) is 7. The quantitative estimate of drug-likeness (QED) is 0.193. The maximum Gasteiger partial charge on any atom is 0.292 e. The molecule has 4 rings (SSSR count). The van der Waals surface area contributed by atoms with Crippen molar-refractivity contribution in [1.82, 2.24) is 14.8 Å². The Morgan fingerprint density at radius 3 is 2.46 bits per heavy atom. The summed E-state index contributed by atoms with van der Waals surface area (Å²) in [6.45, 7) is 2.02. The van der Waals surface area contributed by atoms with Crippen molar-refractivity contribution in [2.45, 2.75) is 18.5 Å². The Morgan fingerprint density at radius 2 is 1.77 bits per heavy atom. The third-order valence-corrected chi connectivity index (χ3v) is 6.14. The number of nitro benzene ring substituents is 1. The number of carbonyl (C=O) groups excluding carboxylic acids is 1. The van der Waals surface area contributed by atoms with Crippen molar-refractivity contribution in [2.75, 3.05) is 18.2 Å². The van der Waals surface area contributed by atoms with Crippen LogP contribution in [0.5, 0.6) is 5.75 Å². The van der Waals surface area contributed by atoms with Gasteiger partial charge in [0.2, 0.25) is 5.91 Å². The Balaban J connectivity index is 1.52. The predicted octanol–water partition coefficient (Wildman–Crippen LogP) is 5.28. The van der Waals surface area contributed by atoms with Gasteiger partial charge in [0.1, 0.15) is 11.4 Å². The molecule has 0 spiro atoms. The predicted molar refractivity (Wildman–Crippen MR) is 135 cm³/mol. The van der Waals surface area contributed by atoms with Gasteiger partial charge >= 0.3 is 0 Å². The fourth-order valence-electron chi connectivity index (χ4n) is 3.40. The number of methoxy groups -OCH3 is 1. The molecule has 0 unspecified atom stereocenters. The van der Waals surface area contributed by atoms with Gasteiger partial charge in [-0.25, -0.2) is 0 Å². The average molecular weight is 490 g/mol. The minimum Gasteiger partial charge on any atom is -0.497 e. The summed E-state index contributed by atoms with van der Waals surface area (Å²) in [5.74, 6) is 1.51. The van der Waals surface area contributed by atoms with Gasteiger partial charge in [0.05, 0.1) is 12.0 Å². The third-order valence-electron chi connectivity index (χ3n) is 5.21. The number of carbonyl (C=O) groups is 1. The molecular weight excluding hydrogens is 466 g/mol. The van der Waals surface area contributed by atoms with Crippen LogP contribution in [-0.2, 0) is 4.79 Å². The van der Waals surface area contributed by atoms with E-state index in [2.05, 4.69) is 15.5 Å². The Hall–Kier alpha value is -4.18. The van der Waals surface area contributed by atoms with Crippen LogP contribution >= 0.6 is 11.8 Å². The molecule has 0 saturated carbocycles. The summed E-state index contributed by atoms with van der Waals surface area (Å²) in [6.07, 6.45) is 0.148. The van der Waals surface area contributed by atoms with Gasteiger partial charge in [0.15, 0.2) is 11.0 Å². The van der Waals surface area contributed by atoms with Crippen molar-refractivity contribution >= 4 is 29.0 Å². The number of ether oxygens (including phenoxy) is 1. The van der Waals surface area contributed by atoms with E-state index in [-0.39, 0.29) is 23.7 Å². The van der Waals surface area contributed by atoms with Gasteiger partial charge in [-0.2, -0.15) is 0 Å². The van der Waals surface area contributed by atoms with Gasteiger partial charge in [-0.15, -0.1) is 10.2 Å². The molecule has 0 fully saturated rings. The zero-order chi connectivity index (χ0) is 24.8. The number of amides is 1. The van der Waals surface area contributed by atoms with Crippen LogP contribution in [0.1, 0.15) is 12.0 Å². The molecule has 0 radical (unpaired) electrons. The van der Waals surface area contributed by atoms with E-state index in [4.69, 9.17) is 4.74 Å². The second kappa shape index (κ2) is 10.8. The van der Waals surface area contributed by atoms with Crippen LogP contribution in [0.4, 0.5) is 11.4 Å². The number of nitrogens with one attached hydrogen (secondary N) is 1. The SMILES string of the molecule is COc1ccc(-c2nnc(SCCC(=O)Nc3ccccc3[N+](=O)[O-])n2-c2ccc(C)cc2)cc1. The maximum atomic E-state index is 12.5. The third kappa shape index (κ3) is 5.67. The van der Waals surface area contributed by atoms with E-state index >= 15 is 0 Å². The number of aromatic nitrogens is 3. The van der Waals surface area contributed by atoms with Crippen molar-refractivity contribution in [1.29, 1.82) is 0 Å². The number of anilines is 1. The highest BCUT2D eigenvalue weighted by Crippen LogP contribution is 2.30. The van der Waals surface area contributed by atoms with Crippen LogP contribution in [0.3, 0.4) is 0 Å². The molecule has 1 amide bonds. The van der Waals surface area contributed by atoms with Crippen LogP contribution in [0, 0.1) is 17.0 Å². The molecule has 10 heteroatoms. The molecule has 0 aliphatic rings. The summed E-state index contributed by atoms with van der Waals surface area (Å²) in [6, 6.07) is 21.7. The van der Waals surface area contributed by atoms with Gasteiger partial charge in [-0.05, 0) is 49.4 Å². The molecular formula is C25H23N5O4S. The first kappa shape index (κ1) is 24.0. The van der Waals surface area contributed by atoms with Crippen LogP contribution in [0.2, 0.25) is 0 Å². The number of benzene rings is 3. The molecule has 0 aliphatic heterocycles. The van der Waals surface area contributed by atoms with E-state index < -0.39 is 4.92 Å². The van der Waals surface area contributed by atoms with E-state index in [1.165, 1.54) is 23.9 Å². The fraction of sp³-hybridized carbons (Fsp3) is 0.160. The van der Waals surface area contributed by atoms with Crippen molar-refractivity contribution in [2.24, 2.45) is 0 Å². The average Bonchev–Trinajstić information content (AvgIpc) is 3.28. The zero-order valence-corrected chi connectivity index (χ0v) is 20.0. The summed E-state index contributed by atoms with van der Waals surface area (Å²) < 4.78 is 7.20. The van der Waals surface area contributed by atoms with Crippen molar-refractivity contribution < 1.29 is 14.5 Å². The number of hydrogen-bond donors (Lipinski definition) is 1. The lowest BCUT2D eigenvalue weighted by atomic mass is 10.2. The number of aryl methyl sites for hydroxylation is 1. The van der Waals surface area contributed by atoms with Gasteiger partial charge in [-0.1, -0.05) is 41.6 Å². The highest BCUT2D eigenvalue weighted by Gasteiger charge is 2.18. The molecule has 35 heavy (non-hydrogen) atoms. The lowest BCUT2D eigenvalue weighted by Crippen LogP contribution is -2.13. The summed E-state index contributed by atoms with van der Waals surface area (Å²) >= 11 is 1.39. The van der Waals surface area contributed by atoms with E-state index in [9.17, 15) is 14.9 Å². The summed E-state index contributed by atoms with van der Waals surface area (Å²) in [5.41, 5.74) is 2.95. The van der Waals surface area contributed by atoms with Crippen molar-refractivity contribution in [3.63, 3.8) is 0 Å². The first-order chi connectivity index (χ1) is 17.0. The molecule has 0 saturated heterocycles. The number of para-hydroxylation sites is 2. The Labute approximate surface area is 206 Å². The topological polar surface area (TPSA) is 112 Å². The van der Waals surface area contributed by atoms with Gasteiger partial charge in [-0.3, -0.25) is 19.5 Å². The van der Waals surface area contributed by atoms with E-state index in [1.807, 2.05) is 60.0 Å². The smallest absolute Gasteiger partial charge is 0.292 e. The lowest BCUT2D eigenvalue weighted by Gasteiger charge is -2.11. The molecule has 0 atom stereocenters. The highest BCUT2D eigenvalue weighted by atomic mass is 32.2. The second-order valence-corrected chi connectivity index (χ2v) is 8.69. The Bertz CT molecular complexity index is 1340. The minimum absolute atomic E-state index is 0.142. The molecule has 1 N–H and O–H groups in total. The fourth-order valence-corrected chi connectivity index (χ4v) is 4.29. The number of rotatable bonds is 9. The van der Waals surface area contributed by atoms with E-state index in [0.717, 1.165) is 22.6 Å². The van der Waals surface area contributed by atoms with Crippen LogP contribution in [0.15, 0.2) is 78.0 Å². The highest BCUT2D eigenvalue weighted by molar-refractivity contribution is 7.99. The molecule has 0 bridgehead atoms. The summed E-state index contributed by atoms with van der Waals surface area (Å²) in [5, 5.41) is 23.2. The lowest BCUT2D eigenvalue weighted by molar-refractivity contribution is -0.383. The molecule has 1 heterocycles. The first-order valence-corrected chi connectivity index (χ1v) is 11.8. The largest absolute Gasteiger partial charge is 0.497 e. The van der Waals surface area contributed by atoms with Gasteiger partial charge in [0, 0.05) is 29.5 Å². The normalized spacial score (nSPS) is 10.7. The minimum atomic E-state index is -0.519. The van der Waals surface area contributed by atoms with Crippen molar-refractivity contribution in [3.8, 4) is 22.8 Å². The van der Waals surface area contributed by atoms with Crippen LogP contribution < -0.4 is 10.1 Å². The van der Waals surface area contributed by atoms with Crippen LogP contribution in [-0.4, -0.2) is 38.5 Å².